The molecule has 1 amide bonds. The number of carbonyl (C=O) groups excluding carboxylic acids is 1. The summed E-state index contributed by atoms with van der Waals surface area (Å²) in [6, 6.07) is 13.9. The third-order valence-corrected chi connectivity index (χ3v) is 4.48. The normalized spacial score (nSPS) is 11.3. The topological polar surface area (TPSA) is 80.9 Å². The Morgan fingerprint density at radius 1 is 1.07 bits per heavy atom. The van der Waals surface area contributed by atoms with Gasteiger partial charge in [0.2, 0.25) is 5.91 Å². The van der Waals surface area contributed by atoms with E-state index in [9.17, 15) is 13.6 Å². The van der Waals surface area contributed by atoms with Gasteiger partial charge in [-0.1, -0.05) is 32.0 Å². The second-order valence-corrected chi connectivity index (χ2v) is 7.11. The molecule has 3 rings (SSSR count). The summed E-state index contributed by atoms with van der Waals surface area (Å²) in [6.07, 6.45) is 0. The molecule has 144 valence electrons. The maximum Gasteiger partial charge on any atom is 0.248 e. The number of nitrogens with two attached hydrogens (primary N) is 1. The molecule has 0 bridgehead atoms. The first kappa shape index (κ1) is 19.4. The van der Waals surface area contributed by atoms with Gasteiger partial charge in [0.05, 0.1) is 5.69 Å². The molecule has 0 saturated carbocycles. The lowest BCUT2D eigenvalue weighted by Crippen LogP contribution is -2.29. The summed E-state index contributed by atoms with van der Waals surface area (Å²) in [7, 11) is 0. The van der Waals surface area contributed by atoms with E-state index < -0.39 is 23.0 Å². The lowest BCUT2D eigenvalue weighted by Gasteiger charge is -2.26. The third kappa shape index (κ3) is 4.31. The highest BCUT2D eigenvalue weighted by molar-refractivity contribution is 5.93. The Morgan fingerprint density at radius 2 is 1.86 bits per heavy atom. The largest absolute Gasteiger partial charge is 0.368 e. The van der Waals surface area contributed by atoms with Crippen molar-refractivity contribution in [2.24, 2.45) is 5.73 Å². The van der Waals surface area contributed by atoms with Crippen molar-refractivity contribution in [1.82, 2.24) is 10.2 Å². The summed E-state index contributed by atoms with van der Waals surface area (Å²) in [4.78, 5) is 11.3. The maximum absolute atomic E-state index is 14.1. The van der Waals surface area contributed by atoms with Gasteiger partial charge in [0.25, 0.3) is 0 Å². The summed E-state index contributed by atoms with van der Waals surface area (Å²) in [5, 5.41) is 11.4. The Balaban J connectivity index is 1.72. The number of rotatable bonds is 6. The first-order valence-corrected chi connectivity index (χ1v) is 8.70. The molecule has 0 radical (unpaired) electrons. The first-order valence-electron chi connectivity index (χ1n) is 8.70. The molecule has 28 heavy (non-hydrogen) atoms. The monoisotopic (exact) mass is 382 g/mol. The zero-order valence-corrected chi connectivity index (χ0v) is 15.5. The number of hydrogen-bond donors (Lipinski definition) is 2. The number of hydrogen-bond acceptors (Lipinski definition) is 4. The summed E-state index contributed by atoms with van der Waals surface area (Å²) in [5.74, 6) is -1.18. The fourth-order valence-electron chi connectivity index (χ4n) is 2.86. The lowest BCUT2D eigenvalue weighted by molar-refractivity contribution is 0.100. The Hall–Kier alpha value is -3.35. The van der Waals surface area contributed by atoms with E-state index >= 15 is 0 Å². The maximum atomic E-state index is 14.1. The molecule has 2 aromatic carbocycles. The highest BCUT2D eigenvalue weighted by Gasteiger charge is 2.24. The molecule has 0 aliphatic carbocycles. The number of nitrogens with one attached hydrogen (secondary N) is 1. The van der Waals surface area contributed by atoms with Crippen LogP contribution in [0.15, 0.2) is 54.6 Å². The van der Waals surface area contributed by atoms with Gasteiger partial charge in [-0.2, -0.15) is 0 Å². The summed E-state index contributed by atoms with van der Waals surface area (Å²) in [6.45, 7) is 4.08. The van der Waals surface area contributed by atoms with E-state index in [4.69, 9.17) is 5.73 Å². The first-order chi connectivity index (χ1) is 13.3. The van der Waals surface area contributed by atoms with Crippen LogP contribution in [0.2, 0.25) is 0 Å². The van der Waals surface area contributed by atoms with Crippen molar-refractivity contribution >= 4 is 11.7 Å². The number of aromatic nitrogens is 2. The number of nitrogens with zero attached hydrogens (tertiary/aromatic N) is 2. The van der Waals surface area contributed by atoms with Crippen LogP contribution >= 0.6 is 0 Å². The molecule has 3 N–H and O–H groups in total. The number of carbonyl (C=O) groups is 1. The van der Waals surface area contributed by atoms with Crippen molar-refractivity contribution in [2.75, 3.05) is 11.9 Å². The van der Waals surface area contributed by atoms with Gasteiger partial charge in [0, 0.05) is 29.2 Å². The molecule has 0 aliphatic rings. The molecule has 1 heterocycles. The van der Waals surface area contributed by atoms with Crippen LogP contribution in [-0.2, 0) is 5.41 Å². The zero-order chi connectivity index (χ0) is 20.3. The molecule has 3 aromatic rings. The van der Waals surface area contributed by atoms with Gasteiger partial charge in [-0.25, -0.2) is 8.78 Å². The minimum atomic E-state index is -0.605. The van der Waals surface area contributed by atoms with Crippen molar-refractivity contribution in [3.63, 3.8) is 0 Å². The minimum Gasteiger partial charge on any atom is -0.368 e. The van der Waals surface area contributed by atoms with Crippen LogP contribution in [0, 0.1) is 11.6 Å². The fraction of sp³-hybridized carbons (Fsp3) is 0.190. The molecule has 0 aliphatic heterocycles. The number of halogens is 2. The Labute approximate surface area is 161 Å². The van der Waals surface area contributed by atoms with Gasteiger partial charge < -0.3 is 11.1 Å². The van der Waals surface area contributed by atoms with E-state index in [0.717, 1.165) is 11.6 Å². The molecule has 0 atom stereocenters. The predicted molar refractivity (Wildman–Crippen MR) is 104 cm³/mol. The van der Waals surface area contributed by atoms with Crippen molar-refractivity contribution in [2.45, 2.75) is 19.3 Å². The van der Waals surface area contributed by atoms with Crippen LogP contribution in [0.4, 0.5) is 14.6 Å². The standard InChI is InChI=1S/C21H20F2N4O/c1-21(2,16-7-6-15(22)11-17(16)23)12-25-19-9-8-18(26-27-19)13-4-3-5-14(10-13)20(24)28/h3-11H,12H2,1-2H3,(H2,24,28)(H,25,27). The van der Waals surface area contributed by atoms with Gasteiger partial charge in [-0.05, 0) is 35.9 Å². The average Bonchev–Trinajstić information content (AvgIpc) is 2.66. The highest BCUT2D eigenvalue weighted by atomic mass is 19.1. The Bertz CT molecular complexity index is 1000. The second-order valence-electron chi connectivity index (χ2n) is 7.11. The van der Waals surface area contributed by atoms with Crippen molar-refractivity contribution in [3.8, 4) is 11.3 Å². The van der Waals surface area contributed by atoms with Crippen LogP contribution in [0.25, 0.3) is 11.3 Å². The van der Waals surface area contributed by atoms with Crippen LogP contribution in [-0.4, -0.2) is 22.6 Å². The second kappa shape index (κ2) is 7.72. The summed E-state index contributed by atoms with van der Waals surface area (Å²) in [5.41, 5.74) is 6.84. The number of anilines is 1. The van der Waals surface area contributed by atoms with Crippen LogP contribution in [0.3, 0.4) is 0 Å². The van der Waals surface area contributed by atoms with Gasteiger partial charge in [-0.15, -0.1) is 10.2 Å². The molecule has 0 unspecified atom stereocenters. The van der Waals surface area contributed by atoms with Crippen LogP contribution in [0.5, 0.6) is 0 Å². The third-order valence-electron chi connectivity index (χ3n) is 4.48. The number of benzene rings is 2. The summed E-state index contributed by atoms with van der Waals surface area (Å²) >= 11 is 0. The number of primary amides is 1. The lowest BCUT2D eigenvalue weighted by atomic mass is 9.84. The molecule has 0 fully saturated rings. The summed E-state index contributed by atoms with van der Waals surface area (Å²) < 4.78 is 27.2. The van der Waals surface area contributed by atoms with Crippen LogP contribution < -0.4 is 11.1 Å². The van der Waals surface area contributed by atoms with Gasteiger partial charge >= 0.3 is 0 Å². The fourth-order valence-corrected chi connectivity index (χ4v) is 2.86. The highest BCUT2D eigenvalue weighted by Crippen LogP contribution is 2.27. The molecule has 5 nitrogen and oxygen atoms in total. The van der Waals surface area contributed by atoms with Gasteiger partial charge in [0.15, 0.2) is 0 Å². The molecule has 0 spiro atoms. The molecule has 7 heteroatoms. The molecular formula is C21H20F2N4O. The Morgan fingerprint density at radius 3 is 2.50 bits per heavy atom. The average molecular weight is 382 g/mol. The van der Waals surface area contributed by atoms with Crippen molar-refractivity contribution in [1.29, 1.82) is 0 Å². The predicted octanol–water partition coefficient (Wildman–Crippen LogP) is 3.91. The van der Waals surface area contributed by atoms with E-state index in [1.807, 2.05) is 19.9 Å². The van der Waals surface area contributed by atoms with Crippen molar-refractivity contribution < 1.29 is 13.6 Å². The van der Waals surface area contributed by atoms with E-state index in [1.165, 1.54) is 12.1 Å². The minimum absolute atomic E-state index is 0.376. The smallest absolute Gasteiger partial charge is 0.248 e. The van der Waals surface area contributed by atoms with E-state index in [2.05, 4.69) is 15.5 Å². The van der Waals surface area contributed by atoms with E-state index in [0.29, 0.717) is 29.2 Å². The van der Waals surface area contributed by atoms with Gasteiger partial charge in [0.1, 0.15) is 17.5 Å². The Kier molecular flexibility index (Phi) is 5.35. The van der Waals surface area contributed by atoms with Crippen molar-refractivity contribution in [3.05, 3.63) is 77.4 Å². The molecule has 1 aromatic heterocycles. The van der Waals surface area contributed by atoms with Crippen LogP contribution in [0.1, 0.15) is 29.8 Å². The molecular weight excluding hydrogens is 362 g/mol. The zero-order valence-electron chi connectivity index (χ0n) is 15.5. The quantitative estimate of drug-likeness (QED) is 0.677. The SMILES string of the molecule is CC(C)(CNc1ccc(-c2cccc(C(N)=O)c2)nn1)c1ccc(F)cc1F. The molecule has 0 saturated heterocycles. The van der Waals surface area contributed by atoms with Gasteiger partial charge in [-0.3, -0.25) is 4.79 Å². The van der Waals surface area contributed by atoms with E-state index in [1.54, 1.807) is 30.3 Å². The van der Waals surface area contributed by atoms with E-state index in [-0.39, 0.29) is 0 Å². The number of amides is 1.